The minimum absolute atomic E-state index is 0.0578. The van der Waals surface area contributed by atoms with Crippen molar-refractivity contribution in [2.75, 3.05) is 85.1 Å². The number of hydrogen-bond donors (Lipinski definition) is 3. The van der Waals surface area contributed by atoms with Gasteiger partial charge in [0.1, 0.15) is 51.7 Å². The number of benzene rings is 7. The Hall–Kier alpha value is -10.4. The summed E-state index contributed by atoms with van der Waals surface area (Å²) in [5.74, 6) is -4.92. The van der Waals surface area contributed by atoms with Crippen molar-refractivity contribution in [2.45, 2.75) is 103 Å². The molecule has 0 aliphatic carbocycles. The molecule has 1 heterocycles. The predicted molar refractivity (Wildman–Crippen MR) is 394 cm³/mol. The summed E-state index contributed by atoms with van der Waals surface area (Å²) in [7, 11) is -4.76. The summed E-state index contributed by atoms with van der Waals surface area (Å²) in [5.41, 5.74) is 4.53. The molecule has 28 heteroatoms. The topological polar surface area (TPSA) is 320 Å². The van der Waals surface area contributed by atoms with Gasteiger partial charge >= 0.3 is 43.6 Å². The lowest BCUT2D eigenvalue weighted by molar-refractivity contribution is -0.384. The normalized spacial score (nSPS) is 14.7. The number of carbonyl (C=O) groups excluding carboxylic acids is 8. The van der Waals surface area contributed by atoms with Gasteiger partial charge in [-0.3, -0.25) is 72.3 Å². The highest BCUT2D eigenvalue weighted by Gasteiger charge is 2.35. The summed E-state index contributed by atoms with van der Waals surface area (Å²) in [5, 5.41) is 19.9. The van der Waals surface area contributed by atoms with E-state index in [9.17, 15) is 48.5 Å². The number of ether oxygens (including phenoxy) is 6. The summed E-state index contributed by atoms with van der Waals surface area (Å²) in [6.45, 7) is 2.44. The van der Waals surface area contributed by atoms with Crippen molar-refractivity contribution in [2.24, 2.45) is 0 Å². The number of non-ortho nitro benzene ring substituents is 1. The smallest absolute Gasteiger partial charge is 0.406 e. The molecule has 27 nitrogen and oxygen atoms in total. The number of carbonyl (C=O) groups is 8. The molecule has 1 aliphatic heterocycles. The van der Waals surface area contributed by atoms with Crippen LogP contribution in [0, 0.1) is 10.1 Å². The lowest BCUT2D eigenvalue weighted by Crippen LogP contribution is -2.50. The third kappa shape index (κ3) is 32.1. The van der Waals surface area contributed by atoms with E-state index < -0.39 is 91.6 Å². The van der Waals surface area contributed by atoms with Crippen LogP contribution in [0.3, 0.4) is 0 Å². The third-order valence-electron chi connectivity index (χ3n) is 17.1. The molecule has 8 rings (SSSR count). The fourth-order valence-electron chi connectivity index (χ4n) is 11.0. The summed E-state index contributed by atoms with van der Waals surface area (Å²) in [6.07, 6.45) is -1.17. The van der Waals surface area contributed by atoms with Crippen LogP contribution in [0.1, 0.15) is 78.0 Å². The van der Waals surface area contributed by atoms with Crippen molar-refractivity contribution in [3.05, 3.63) is 255 Å². The van der Waals surface area contributed by atoms with Crippen molar-refractivity contribution in [3.8, 4) is 0 Å². The second-order valence-corrected chi connectivity index (χ2v) is 27.3. The van der Waals surface area contributed by atoms with Crippen LogP contribution in [0.15, 0.2) is 206 Å². The van der Waals surface area contributed by atoms with Crippen LogP contribution >= 0.6 is 7.75 Å². The van der Waals surface area contributed by atoms with Gasteiger partial charge in [0.15, 0.2) is 0 Å². The molecule has 1 saturated heterocycles. The van der Waals surface area contributed by atoms with E-state index in [4.69, 9.17) is 37.5 Å². The Bertz CT molecular complexity index is 3880. The molecule has 0 saturated carbocycles. The highest BCUT2D eigenvalue weighted by Crippen LogP contribution is 2.46. The van der Waals surface area contributed by atoms with E-state index in [2.05, 4.69) is 15.7 Å². The Balaban J connectivity index is 0.933. The fraction of sp³-hybridized carbons (Fsp3) is 0.367. The van der Waals surface area contributed by atoms with Crippen molar-refractivity contribution in [3.63, 3.8) is 0 Å². The summed E-state index contributed by atoms with van der Waals surface area (Å²) in [4.78, 5) is 129. The maximum atomic E-state index is 15.1. The van der Waals surface area contributed by atoms with Crippen LogP contribution in [-0.4, -0.2) is 175 Å². The third-order valence-corrected chi connectivity index (χ3v) is 18.7. The molecular formula is C79H93N8O19P. The fourth-order valence-corrected chi connectivity index (χ4v) is 12.5. The summed E-state index contributed by atoms with van der Waals surface area (Å²) < 4.78 is 61.0. The molecule has 2 unspecified atom stereocenters. The molecule has 2 amide bonds. The van der Waals surface area contributed by atoms with Crippen molar-refractivity contribution in [1.29, 1.82) is 0 Å². The molecule has 0 bridgehead atoms. The molecule has 1 fully saturated rings. The van der Waals surface area contributed by atoms with Crippen molar-refractivity contribution in [1.82, 2.24) is 35.3 Å². The summed E-state index contributed by atoms with van der Waals surface area (Å²) in [6, 6.07) is 55.9. The van der Waals surface area contributed by atoms with Crippen LogP contribution < -0.4 is 15.7 Å². The molecule has 3 N–H and O–H groups in total. The summed E-state index contributed by atoms with van der Waals surface area (Å²) >= 11 is 0. The first-order valence-corrected chi connectivity index (χ1v) is 37.0. The van der Waals surface area contributed by atoms with E-state index in [1.165, 1.54) is 24.3 Å². The van der Waals surface area contributed by atoms with Gasteiger partial charge < -0.3 is 39.1 Å². The monoisotopic (exact) mass is 1490 g/mol. The number of nitro groups is 1. The zero-order valence-corrected chi connectivity index (χ0v) is 60.9. The van der Waals surface area contributed by atoms with Gasteiger partial charge in [-0.25, -0.2) is 14.4 Å². The molecule has 0 aromatic heterocycles. The molecule has 1 aliphatic rings. The number of nitrogens with zero attached hydrogens (tertiary/aromatic N) is 5. The number of hydrogen-bond acceptors (Lipinski definition) is 23. The highest BCUT2D eigenvalue weighted by atomic mass is 31.2. The zero-order chi connectivity index (χ0) is 75.9. The number of nitrogens with one attached hydrogen (secondary N) is 3. The zero-order valence-electron chi connectivity index (χ0n) is 60.0. The van der Waals surface area contributed by atoms with Crippen LogP contribution in [-0.2, 0) is 127 Å². The van der Waals surface area contributed by atoms with E-state index in [-0.39, 0.29) is 130 Å². The molecule has 0 spiro atoms. The second-order valence-electron chi connectivity index (χ2n) is 25.5. The van der Waals surface area contributed by atoms with E-state index in [0.29, 0.717) is 48.4 Å². The highest BCUT2D eigenvalue weighted by molar-refractivity contribution is 7.51. The molecule has 7 aromatic rings. The van der Waals surface area contributed by atoms with Gasteiger partial charge in [-0.2, -0.15) is 0 Å². The van der Waals surface area contributed by atoms with Gasteiger partial charge in [0.05, 0.1) is 44.3 Å². The maximum absolute atomic E-state index is 15.1. The van der Waals surface area contributed by atoms with Gasteiger partial charge in [0.25, 0.3) is 5.69 Å². The minimum atomic E-state index is -4.76. The predicted octanol–water partition coefficient (Wildman–Crippen LogP) is 8.82. The Labute approximate surface area is 622 Å². The largest absolute Gasteiger partial charge is 0.461 e. The first-order chi connectivity index (χ1) is 51.9. The van der Waals surface area contributed by atoms with E-state index in [1.54, 1.807) is 91.9 Å². The second kappa shape index (κ2) is 45.2. The van der Waals surface area contributed by atoms with Crippen LogP contribution in [0.2, 0.25) is 0 Å². The minimum Gasteiger partial charge on any atom is -0.461 e. The molecule has 568 valence electrons. The Morgan fingerprint density at radius 3 is 1.09 bits per heavy atom. The maximum Gasteiger partial charge on any atom is 0.406 e. The number of amides is 2. The lowest BCUT2D eigenvalue weighted by Gasteiger charge is -2.33. The van der Waals surface area contributed by atoms with Gasteiger partial charge in [-0.15, -0.1) is 0 Å². The molecule has 7 aromatic carbocycles. The van der Waals surface area contributed by atoms with E-state index >= 15 is 4.57 Å². The first-order valence-electron chi connectivity index (χ1n) is 35.4. The molecule has 107 heavy (non-hydrogen) atoms. The van der Waals surface area contributed by atoms with Crippen LogP contribution in [0.25, 0.3) is 0 Å². The van der Waals surface area contributed by atoms with E-state index in [1.807, 2.05) is 117 Å². The molecule has 0 radical (unpaired) electrons. The van der Waals surface area contributed by atoms with Gasteiger partial charge in [0.2, 0.25) is 11.8 Å². The van der Waals surface area contributed by atoms with Gasteiger partial charge in [0, 0.05) is 89.8 Å². The Morgan fingerprint density at radius 2 is 0.720 bits per heavy atom. The van der Waals surface area contributed by atoms with Crippen LogP contribution in [0.5, 0.6) is 0 Å². The number of nitro benzene ring substituents is 1. The first kappa shape index (κ1) is 82.3. The van der Waals surface area contributed by atoms with Crippen molar-refractivity contribution < 1.29 is 85.3 Å². The van der Waals surface area contributed by atoms with Gasteiger partial charge in [-0.05, 0) is 70.8 Å². The Kier molecular flexibility index (Phi) is 34.8. The van der Waals surface area contributed by atoms with E-state index in [0.717, 1.165) is 16.7 Å². The quantitative estimate of drug-likeness (QED) is 0.0106. The average Bonchev–Trinajstić information content (AvgIpc) is 0.827. The number of rotatable bonds is 40. The van der Waals surface area contributed by atoms with Gasteiger partial charge in [-0.1, -0.05) is 182 Å². The lowest BCUT2D eigenvalue weighted by atomic mass is 10.1. The Morgan fingerprint density at radius 1 is 0.383 bits per heavy atom. The van der Waals surface area contributed by atoms with Crippen molar-refractivity contribution >= 4 is 61.1 Å². The van der Waals surface area contributed by atoms with Crippen LogP contribution in [0.4, 0.5) is 5.69 Å². The standard InChI is InChI=1S/C79H93N8O19P/c1-61(80-73(89)50-83-41-43-84(51-75(91)100-55-63-22-10-3-11-23-63)45-47-86(53-77(93)102-57-65-26-14-5-15-27-65)48-46-85(44-42-83)52-76(92)101-56-64-24-12-4-13-25-64)32-38-72(88)81-70(78(94)103-58-66-28-16-6-17-29-66)40-49-105-107(98,106-60-68-33-35-69(36-34-68)87(96)97)82-71(79(95)104-59-67-30-18-7-19-31-67)37-39-74(90)99-54-62-20-8-2-9-21-62/h2-31,33-36,61,70-71H,32,37-60H2,1H3,(H,80,89)(H,81,88)(H,82,98)/t61-,70?,71+,107?/m1/s1. The number of esters is 6. The average molecular weight is 1490 g/mol. The SMILES string of the molecule is C[C@H](CCC(=O)NC(CCOP(=O)(N[C@@H](CCC(=O)OCc1ccccc1)C(=O)OCc1ccccc1)OCc1ccc([N+](=O)[O-])cc1)C(=O)OCc1ccccc1)NC(=O)CN1CCN(CC(=O)OCc2ccccc2)CCN(CC(=O)OCc2ccccc2)CCN(CC(=O)OCc2ccccc2)CC1. The molecular weight excluding hydrogens is 1400 g/mol. The molecule has 4 atom stereocenters.